The standard InChI is InChI=1S/C27H37N7O9/c1-33(17-36)15-19-13-20(5-4-18(19)16-35)31-26(41)21(3-2-9-29-27(28)42)32-23(38)14-30-22(37)8-11-43-12-10-34-24(39)6-7-25(34)40/h4-7,13,17,21,35H,2-3,8-12,14-16H2,1H3,(H,30,37)(H,31,41)(H,32,38)(H3,28,29,42)/t21-/m0/s1. The number of nitrogens with two attached hydrogens (primary N) is 1. The average Bonchev–Trinajstić information content (AvgIpc) is 3.29. The molecule has 1 heterocycles. The molecule has 0 unspecified atom stereocenters. The molecule has 0 aliphatic carbocycles. The minimum Gasteiger partial charge on any atom is -0.392 e. The first-order chi connectivity index (χ1) is 20.5. The highest BCUT2D eigenvalue weighted by atomic mass is 16.5. The zero-order chi connectivity index (χ0) is 31.8. The lowest BCUT2D eigenvalue weighted by molar-refractivity contribution is -0.138. The van der Waals surface area contributed by atoms with Crippen LogP contribution in [0.3, 0.4) is 0 Å². The maximum Gasteiger partial charge on any atom is 0.312 e. The summed E-state index contributed by atoms with van der Waals surface area (Å²) in [4.78, 5) is 85.1. The molecule has 0 aromatic heterocycles. The number of imide groups is 1. The lowest BCUT2D eigenvalue weighted by Crippen LogP contribution is -2.47. The quantitative estimate of drug-likeness (QED) is 0.0588. The van der Waals surface area contributed by atoms with E-state index in [0.29, 0.717) is 29.6 Å². The molecule has 0 saturated carbocycles. The molecular formula is C27H37N7O9. The smallest absolute Gasteiger partial charge is 0.312 e. The monoisotopic (exact) mass is 603 g/mol. The molecule has 0 saturated heterocycles. The van der Waals surface area contributed by atoms with Crippen LogP contribution in [0.2, 0.25) is 0 Å². The van der Waals surface area contributed by atoms with Gasteiger partial charge in [-0.05, 0) is 36.1 Å². The van der Waals surface area contributed by atoms with E-state index in [1.807, 2.05) is 0 Å². The van der Waals surface area contributed by atoms with Gasteiger partial charge in [0.25, 0.3) is 11.8 Å². The van der Waals surface area contributed by atoms with Crippen molar-refractivity contribution in [2.24, 2.45) is 5.73 Å². The SMILES string of the molecule is CN(C=O)Cc1cc(NC(=O)[C@H](CCCNC(N)=O)NC(=O)CNC(=O)CCOCCN2C(=O)C=CC2=O)ccc1CO. The van der Waals surface area contributed by atoms with Crippen molar-refractivity contribution in [3.8, 4) is 0 Å². The molecule has 16 nitrogen and oxygen atoms in total. The Balaban J connectivity index is 1.87. The average molecular weight is 604 g/mol. The van der Waals surface area contributed by atoms with Crippen LogP contribution in [-0.4, -0.2) is 103 Å². The third-order valence-electron chi connectivity index (χ3n) is 6.14. The molecule has 16 heteroatoms. The van der Waals surface area contributed by atoms with Gasteiger partial charge >= 0.3 is 6.03 Å². The van der Waals surface area contributed by atoms with Crippen molar-refractivity contribution >= 4 is 47.7 Å². The summed E-state index contributed by atoms with van der Waals surface area (Å²) >= 11 is 0. The van der Waals surface area contributed by atoms with Gasteiger partial charge in [0.2, 0.25) is 24.1 Å². The van der Waals surface area contributed by atoms with Crippen LogP contribution >= 0.6 is 0 Å². The summed E-state index contributed by atoms with van der Waals surface area (Å²) in [5.74, 6) is -2.56. The zero-order valence-corrected chi connectivity index (χ0v) is 23.8. The molecule has 7 N–H and O–H groups in total. The predicted molar refractivity (Wildman–Crippen MR) is 152 cm³/mol. The van der Waals surface area contributed by atoms with Crippen molar-refractivity contribution in [1.29, 1.82) is 0 Å². The number of aliphatic hydroxyl groups excluding tert-OH is 1. The summed E-state index contributed by atoms with van der Waals surface area (Å²) < 4.78 is 5.28. The molecule has 0 fully saturated rings. The molecule has 0 radical (unpaired) electrons. The number of primary amides is 1. The van der Waals surface area contributed by atoms with Crippen LogP contribution in [0.5, 0.6) is 0 Å². The van der Waals surface area contributed by atoms with Gasteiger partial charge in [0.1, 0.15) is 6.04 Å². The number of aliphatic hydroxyl groups is 1. The van der Waals surface area contributed by atoms with Gasteiger partial charge in [0.05, 0.1) is 32.9 Å². The van der Waals surface area contributed by atoms with E-state index in [9.17, 15) is 38.7 Å². The van der Waals surface area contributed by atoms with Gasteiger partial charge in [-0.1, -0.05) is 6.07 Å². The molecule has 1 aliphatic heterocycles. The van der Waals surface area contributed by atoms with E-state index in [-0.39, 0.29) is 52.3 Å². The Morgan fingerprint density at radius 2 is 1.79 bits per heavy atom. The van der Waals surface area contributed by atoms with Crippen molar-refractivity contribution in [3.05, 3.63) is 41.5 Å². The van der Waals surface area contributed by atoms with Crippen molar-refractivity contribution in [2.45, 2.75) is 38.5 Å². The largest absolute Gasteiger partial charge is 0.392 e. The van der Waals surface area contributed by atoms with Crippen LogP contribution in [0, 0.1) is 0 Å². The molecule has 1 aliphatic rings. The maximum absolute atomic E-state index is 13.1. The fourth-order valence-corrected chi connectivity index (χ4v) is 3.91. The Kier molecular flexibility index (Phi) is 14.3. The first-order valence-electron chi connectivity index (χ1n) is 13.4. The van der Waals surface area contributed by atoms with E-state index in [1.165, 1.54) is 4.90 Å². The minimum atomic E-state index is -1.04. The lowest BCUT2D eigenvalue weighted by atomic mass is 10.1. The number of benzene rings is 1. The Morgan fingerprint density at radius 3 is 2.44 bits per heavy atom. The molecule has 0 spiro atoms. The van der Waals surface area contributed by atoms with Gasteiger partial charge in [-0.25, -0.2) is 4.79 Å². The molecule has 0 bridgehead atoms. The van der Waals surface area contributed by atoms with Gasteiger partial charge in [0, 0.05) is 44.4 Å². The second-order valence-electron chi connectivity index (χ2n) is 9.51. The normalized spacial score (nSPS) is 12.9. The van der Waals surface area contributed by atoms with Crippen LogP contribution in [-0.2, 0) is 46.7 Å². The fourth-order valence-electron chi connectivity index (χ4n) is 3.91. The number of hydrogen-bond donors (Lipinski definition) is 6. The molecule has 1 atom stereocenters. The zero-order valence-electron chi connectivity index (χ0n) is 23.8. The first-order valence-corrected chi connectivity index (χ1v) is 13.4. The van der Waals surface area contributed by atoms with Gasteiger partial charge in [-0.2, -0.15) is 0 Å². The van der Waals surface area contributed by atoms with Gasteiger partial charge in [0.15, 0.2) is 0 Å². The lowest BCUT2D eigenvalue weighted by Gasteiger charge is -2.20. The van der Waals surface area contributed by atoms with E-state index < -0.39 is 48.2 Å². The summed E-state index contributed by atoms with van der Waals surface area (Å²) in [6.07, 6.45) is 3.30. The Labute approximate surface area is 247 Å². The molecule has 43 heavy (non-hydrogen) atoms. The van der Waals surface area contributed by atoms with E-state index in [1.54, 1.807) is 25.2 Å². The second-order valence-corrected chi connectivity index (χ2v) is 9.51. The number of amides is 8. The van der Waals surface area contributed by atoms with Gasteiger partial charge < -0.3 is 41.7 Å². The third kappa shape index (κ3) is 12.3. The topological polar surface area (TPSA) is 230 Å². The second kappa shape index (κ2) is 17.9. The first kappa shape index (κ1) is 34.4. The van der Waals surface area contributed by atoms with Crippen molar-refractivity contribution in [2.75, 3.05) is 45.2 Å². The summed E-state index contributed by atoms with van der Waals surface area (Å²) in [5, 5.41) is 19.7. The number of carbonyl (C=O) groups excluding carboxylic acids is 7. The van der Waals surface area contributed by atoms with Gasteiger partial charge in [-0.15, -0.1) is 0 Å². The molecule has 234 valence electrons. The third-order valence-corrected chi connectivity index (χ3v) is 6.14. The van der Waals surface area contributed by atoms with Gasteiger partial charge in [-0.3, -0.25) is 33.7 Å². The molecular weight excluding hydrogens is 566 g/mol. The van der Waals surface area contributed by atoms with Crippen molar-refractivity contribution in [3.63, 3.8) is 0 Å². The number of nitrogens with one attached hydrogen (secondary N) is 4. The number of rotatable bonds is 19. The Bertz CT molecular complexity index is 1200. The number of hydrogen-bond acceptors (Lipinski definition) is 9. The summed E-state index contributed by atoms with van der Waals surface area (Å²) in [6, 6.07) is 3.02. The van der Waals surface area contributed by atoms with Crippen molar-refractivity contribution in [1.82, 2.24) is 25.8 Å². The van der Waals surface area contributed by atoms with Crippen molar-refractivity contribution < 1.29 is 43.4 Å². The number of carbonyl (C=O) groups is 7. The molecule has 8 amide bonds. The highest BCUT2D eigenvalue weighted by molar-refractivity contribution is 6.12. The molecule has 1 aromatic rings. The summed E-state index contributed by atoms with van der Waals surface area (Å²) in [7, 11) is 1.57. The van der Waals surface area contributed by atoms with E-state index in [0.717, 1.165) is 17.1 Å². The van der Waals surface area contributed by atoms with Crippen LogP contribution in [0.25, 0.3) is 0 Å². The number of anilines is 1. The predicted octanol–water partition coefficient (Wildman–Crippen LogP) is -1.91. The summed E-state index contributed by atoms with van der Waals surface area (Å²) in [6.45, 7) is -0.232. The highest BCUT2D eigenvalue weighted by Crippen LogP contribution is 2.18. The van der Waals surface area contributed by atoms with E-state index in [2.05, 4.69) is 21.3 Å². The minimum absolute atomic E-state index is 0.00526. The summed E-state index contributed by atoms with van der Waals surface area (Å²) in [5.41, 5.74) is 6.63. The maximum atomic E-state index is 13.1. The van der Waals surface area contributed by atoms with E-state index in [4.69, 9.17) is 10.5 Å². The number of urea groups is 1. The van der Waals surface area contributed by atoms with Crippen LogP contribution in [0.15, 0.2) is 30.4 Å². The Hall–Kier alpha value is -4.83. The van der Waals surface area contributed by atoms with Crippen LogP contribution in [0.1, 0.15) is 30.4 Å². The number of nitrogens with zero attached hydrogens (tertiary/aromatic N) is 2. The number of ether oxygens (including phenoxy) is 1. The van der Waals surface area contributed by atoms with Crippen LogP contribution < -0.4 is 27.0 Å². The molecule has 1 aromatic carbocycles. The van der Waals surface area contributed by atoms with Crippen LogP contribution in [0.4, 0.5) is 10.5 Å². The Morgan fingerprint density at radius 1 is 1.07 bits per heavy atom. The highest BCUT2D eigenvalue weighted by Gasteiger charge is 2.23. The van der Waals surface area contributed by atoms with E-state index >= 15 is 0 Å². The molecule has 2 rings (SSSR count). The fraction of sp³-hybridized carbons (Fsp3) is 0.444.